The van der Waals surface area contributed by atoms with Crippen molar-refractivity contribution in [3.63, 3.8) is 0 Å². The Morgan fingerprint density at radius 2 is 1.88 bits per heavy atom. The normalized spacial score (nSPS) is 10.8. The summed E-state index contributed by atoms with van der Waals surface area (Å²) in [5.74, 6) is 0. The lowest BCUT2D eigenvalue weighted by molar-refractivity contribution is 0.488. The molecule has 0 saturated carbocycles. The zero-order chi connectivity index (χ0) is 11.7. The van der Waals surface area contributed by atoms with Crippen LogP contribution < -0.4 is 5.73 Å². The maximum absolute atomic E-state index is 5.54. The van der Waals surface area contributed by atoms with Gasteiger partial charge in [-0.25, -0.2) is 15.0 Å². The van der Waals surface area contributed by atoms with Gasteiger partial charge in [0.2, 0.25) is 0 Å². The first-order valence-corrected chi connectivity index (χ1v) is 5.74. The zero-order valence-electron chi connectivity index (χ0n) is 8.70. The summed E-state index contributed by atoms with van der Waals surface area (Å²) in [4.78, 5) is 12.5. The Labute approximate surface area is 101 Å². The second-order valence-corrected chi connectivity index (χ2v) is 4.27. The van der Waals surface area contributed by atoms with Gasteiger partial charge in [-0.05, 0) is 12.1 Å². The van der Waals surface area contributed by atoms with E-state index in [9.17, 15) is 0 Å². The summed E-state index contributed by atoms with van der Waals surface area (Å²) in [6.07, 6.45) is 3.11. The molecule has 3 rings (SSSR count). The summed E-state index contributed by atoms with van der Waals surface area (Å²) >= 11 is 1.27. The van der Waals surface area contributed by atoms with Gasteiger partial charge in [0.05, 0.1) is 18.1 Å². The van der Waals surface area contributed by atoms with Gasteiger partial charge in [-0.2, -0.15) is 0 Å². The van der Waals surface area contributed by atoms with Gasteiger partial charge in [0, 0.05) is 11.8 Å². The van der Waals surface area contributed by atoms with Crippen molar-refractivity contribution in [2.75, 3.05) is 5.73 Å². The molecule has 0 atom stereocenters. The molecule has 0 aliphatic rings. The maximum atomic E-state index is 5.54. The highest BCUT2D eigenvalue weighted by molar-refractivity contribution is 7.98. The number of hydrogen-bond acceptors (Lipinski definition) is 6. The summed E-state index contributed by atoms with van der Waals surface area (Å²) in [5, 5.41) is 1.08. The molecule has 2 aromatic heterocycles. The molecule has 0 amide bonds. The van der Waals surface area contributed by atoms with E-state index >= 15 is 0 Å². The van der Waals surface area contributed by atoms with E-state index < -0.39 is 0 Å². The van der Waals surface area contributed by atoms with Crippen LogP contribution in [0.15, 0.2) is 51.5 Å². The minimum atomic E-state index is 0.524. The van der Waals surface area contributed by atoms with E-state index in [2.05, 4.69) is 15.0 Å². The highest BCUT2D eigenvalue weighted by Gasteiger charge is 2.08. The SMILES string of the molecule is Nc1cnc(Sc2nc3ccccc3o2)nc1. The summed E-state index contributed by atoms with van der Waals surface area (Å²) in [5.41, 5.74) is 7.62. The van der Waals surface area contributed by atoms with Crippen LogP contribution in [0.3, 0.4) is 0 Å². The second-order valence-electron chi connectivity index (χ2n) is 3.35. The van der Waals surface area contributed by atoms with E-state index in [4.69, 9.17) is 10.2 Å². The molecule has 17 heavy (non-hydrogen) atoms. The first kappa shape index (κ1) is 10.1. The summed E-state index contributed by atoms with van der Waals surface area (Å²) < 4.78 is 5.54. The first-order valence-electron chi connectivity index (χ1n) is 4.92. The molecule has 0 unspecified atom stereocenters. The van der Waals surface area contributed by atoms with Crippen LogP contribution in [-0.2, 0) is 0 Å². The standard InChI is InChI=1S/C11H8N4OS/c12-7-5-13-10(14-6-7)17-11-15-8-3-1-2-4-9(8)16-11/h1-6H,12H2. The third-order valence-electron chi connectivity index (χ3n) is 2.10. The molecule has 2 N–H and O–H groups in total. The fraction of sp³-hybridized carbons (Fsp3) is 0. The predicted molar refractivity (Wildman–Crippen MR) is 64.6 cm³/mol. The average molecular weight is 244 g/mol. The van der Waals surface area contributed by atoms with Gasteiger partial charge < -0.3 is 10.2 Å². The van der Waals surface area contributed by atoms with Gasteiger partial charge in [-0.3, -0.25) is 0 Å². The van der Waals surface area contributed by atoms with Crippen molar-refractivity contribution in [1.82, 2.24) is 15.0 Å². The van der Waals surface area contributed by atoms with Crippen molar-refractivity contribution in [3.8, 4) is 0 Å². The van der Waals surface area contributed by atoms with Crippen LogP contribution in [0.2, 0.25) is 0 Å². The molecule has 0 aliphatic heterocycles. The third-order valence-corrected chi connectivity index (χ3v) is 2.84. The molecule has 5 nitrogen and oxygen atoms in total. The van der Waals surface area contributed by atoms with Crippen LogP contribution in [0.25, 0.3) is 11.1 Å². The third kappa shape index (κ3) is 2.07. The Hall–Kier alpha value is -2.08. The summed E-state index contributed by atoms with van der Waals surface area (Å²) in [7, 11) is 0. The summed E-state index contributed by atoms with van der Waals surface area (Å²) in [6, 6.07) is 7.59. The van der Waals surface area contributed by atoms with Crippen molar-refractivity contribution in [1.29, 1.82) is 0 Å². The Morgan fingerprint density at radius 1 is 1.12 bits per heavy atom. The van der Waals surface area contributed by atoms with Crippen LogP contribution in [0.5, 0.6) is 0 Å². The first-order chi connectivity index (χ1) is 8.31. The molecule has 6 heteroatoms. The number of hydrogen-bond donors (Lipinski definition) is 1. The number of nitrogens with zero attached hydrogens (tertiary/aromatic N) is 3. The van der Waals surface area contributed by atoms with Crippen molar-refractivity contribution in [3.05, 3.63) is 36.7 Å². The number of oxazole rings is 1. The molecule has 0 radical (unpaired) electrons. The van der Waals surface area contributed by atoms with Gasteiger partial charge in [-0.15, -0.1) is 0 Å². The Bertz CT molecular complexity index is 617. The topological polar surface area (TPSA) is 77.8 Å². The molecule has 0 bridgehead atoms. The van der Waals surface area contributed by atoms with E-state index in [0.717, 1.165) is 11.1 Å². The van der Waals surface area contributed by atoms with Gasteiger partial charge >= 0.3 is 0 Å². The molecule has 0 spiro atoms. The fourth-order valence-electron chi connectivity index (χ4n) is 1.35. The maximum Gasteiger partial charge on any atom is 0.264 e. The van der Waals surface area contributed by atoms with Gasteiger partial charge in [0.25, 0.3) is 5.22 Å². The highest BCUT2D eigenvalue weighted by Crippen LogP contribution is 2.27. The molecule has 2 heterocycles. The van der Waals surface area contributed by atoms with Gasteiger partial charge in [0.15, 0.2) is 10.7 Å². The Balaban J connectivity index is 1.92. The summed E-state index contributed by atoms with van der Waals surface area (Å²) in [6.45, 7) is 0. The van der Waals surface area contributed by atoms with Crippen LogP contribution in [0, 0.1) is 0 Å². The lowest BCUT2D eigenvalue weighted by Crippen LogP contribution is -1.90. The second kappa shape index (κ2) is 4.06. The number of para-hydroxylation sites is 2. The van der Waals surface area contributed by atoms with E-state index in [1.165, 1.54) is 11.8 Å². The lowest BCUT2D eigenvalue weighted by Gasteiger charge is -1.94. The number of anilines is 1. The van der Waals surface area contributed by atoms with E-state index in [1.54, 1.807) is 12.4 Å². The molecule has 3 aromatic rings. The van der Waals surface area contributed by atoms with E-state index in [0.29, 0.717) is 16.1 Å². The smallest absolute Gasteiger partial charge is 0.264 e. The quantitative estimate of drug-likeness (QED) is 0.697. The van der Waals surface area contributed by atoms with Crippen LogP contribution >= 0.6 is 11.8 Å². The Kier molecular flexibility index (Phi) is 2.41. The number of nitrogen functional groups attached to an aromatic ring is 1. The van der Waals surface area contributed by atoms with Crippen molar-refractivity contribution in [2.45, 2.75) is 10.4 Å². The number of rotatable bonds is 2. The molecular formula is C11H8N4OS. The Morgan fingerprint density at radius 3 is 2.65 bits per heavy atom. The van der Waals surface area contributed by atoms with E-state index in [1.807, 2.05) is 24.3 Å². The van der Waals surface area contributed by atoms with Crippen molar-refractivity contribution < 1.29 is 4.42 Å². The lowest BCUT2D eigenvalue weighted by atomic mass is 10.3. The molecule has 0 saturated heterocycles. The number of benzene rings is 1. The van der Waals surface area contributed by atoms with Crippen molar-refractivity contribution in [2.24, 2.45) is 0 Å². The van der Waals surface area contributed by atoms with Gasteiger partial charge in [-0.1, -0.05) is 12.1 Å². The molecule has 1 aromatic carbocycles. The van der Waals surface area contributed by atoms with Crippen LogP contribution in [0.4, 0.5) is 5.69 Å². The monoisotopic (exact) mass is 244 g/mol. The van der Waals surface area contributed by atoms with Crippen LogP contribution in [0.1, 0.15) is 0 Å². The van der Waals surface area contributed by atoms with Crippen molar-refractivity contribution >= 4 is 28.5 Å². The molecule has 0 aliphatic carbocycles. The largest absolute Gasteiger partial charge is 0.431 e. The predicted octanol–water partition coefficient (Wildman–Crippen LogP) is 2.35. The zero-order valence-corrected chi connectivity index (χ0v) is 9.52. The molecular weight excluding hydrogens is 236 g/mol. The minimum Gasteiger partial charge on any atom is -0.431 e. The molecule has 0 fully saturated rings. The fourth-order valence-corrected chi connectivity index (χ4v) is 1.99. The minimum absolute atomic E-state index is 0.524. The average Bonchev–Trinajstić information content (AvgIpc) is 2.74. The van der Waals surface area contributed by atoms with E-state index in [-0.39, 0.29) is 0 Å². The number of nitrogens with two attached hydrogens (primary N) is 1. The highest BCUT2D eigenvalue weighted by atomic mass is 32.2. The van der Waals surface area contributed by atoms with Gasteiger partial charge in [0.1, 0.15) is 5.52 Å². The number of fused-ring (bicyclic) bond motifs is 1. The number of aromatic nitrogens is 3. The van der Waals surface area contributed by atoms with Crippen LogP contribution in [-0.4, -0.2) is 15.0 Å². The molecule has 84 valence electrons.